The molecule has 1 aliphatic rings. The van der Waals surface area contributed by atoms with E-state index in [0.29, 0.717) is 44.9 Å². The number of ketones is 1. The van der Waals surface area contributed by atoms with E-state index in [2.05, 4.69) is 0 Å². The summed E-state index contributed by atoms with van der Waals surface area (Å²) in [6, 6.07) is 8.02. The molecule has 1 saturated carbocycles. The quantitative estimate of drug-likeness (QED) is 0.241. The third-order valence-corrected chi connectivity index (χ3v) is 8.87. The second-order valence-corrected chi connectivity index (χ2v) is 11.4. The van der Waals surface area contributed by atoms with Crippen LogP contribution in [0.25, 0.3) is 10.1 Å². The number of carbonyl (C=O) groups is 2. The summed E-state index contributed by atoms with van der Waals surface area (Å²) in [6.45, 7) is 3.59. The van der Waals surface area contributed by atoms with E-state index in [1.807, 2.05) is 36.4 Å². The number of halogens is 1. The number of rotatable bonds is 12. The predicted molar refractivity (Wildman–Crippen MR) is 137 cm³/mol. The second-order valence-electron chi connectivity index (χ2n) is 9.90. The third kappa shape index (κ3) is 6.28. The van der Waals surface area contributed by atoms with E-state index in [9.17, 15) is 19.8 Å². The van der Waals surface area contributed by atoms with Crippen LogP contribution in [0, 0.1) is 17.3 Å². The number of hydrogen-bond donors (Lipinski definition) is 3. The van der Waals surface area contributed by atoms with Crippen LogP contribution in [0.4, 0.5) is 0 Å². The Hall–Kier alpha value is -1.73. The summed E-state index contributed by atoms with van der Waals surface area (Å²) in [7, 11) is 0. The highest BCUT2D eigenvalue weighted by Gasteiger charge is 2.53. The van der Waals surface area contributed by atoms with Gasteiger partial charge in [-0.15, -0.1) is 11.3 Å². The van der Waals surface area contributed by atoms with Crippen LogP contribution in [0.3, 0.4) is 0 Å². The summed E-state index contributed by atoms with van der Waals surface area (Å²) in [4.78, 5) is 24.7. The zero-order valence-corrected chi connectivity index (χ0v) is 21.4. The largest absolute Gasteiger partial charge is 0.481 e. The number of carbonyl (C=O) groups excluding carboxylic acids is 1. The van der Waals surface area contributed by atoms with Crippen molar-refractivity contribution in [2.75, 3.05) is 0 Å². The highest BCUT2D eigenvalue weighted by Crippen LogP contribution is 2.46. The molecule has 1 fully saturated rings. The molecule has 0 radical (unpaired) electrons. The number of benzene rings is 1. The minimum atomic E-state index is -0.808. The lowest BCUT2D eigenvalue weighted by atomic mass is 9.85. The summed E-state index contributed by atoms with van der Waals surface area (Å²) in [5, 5.41) is 32.1. The maximum absolute atomic E-state index is 13.0. The number of carboxylic acid groups (broad SMARTS) is 1. The van der Waals surface area contributed by atoms with E-state index in [4.69, 9.17) is 16.7 Å². The fraction of sp³-hybridized carbons (Fsp3) is 0.556. The zero-order valence-electron chi connectivity index (χ0n) is 19.9. The first-order valence-corrected chi connectivity index (χ1v) is 13.3. The average molecular weight is 507 g/mol. The van der Waals surface area contributed by atoms with E-state index in [0.717, 1.165) is 20.0 Å². The molecule has 4 unspecified atom stereocenters. The van der Waals surface area contributed by atoms with Gasteiger partial charge in [0, 0.05) is 32.7 Å². The summed E-state index contributed by atoms with van der Waals surface area (Å²) in [5.41, 5.74) is -0.804. The number of hydrogen-bond acceptors (Lipinski definition) is 5. The molecule has 1 aliphatic carbocycles. The highest BCUT2D eigenvalue weighted by molar-refractivity contribution is 7.19. The van der Waals surface area contributed by atoms with Crippen LogP contribution in [0.1, 0.15) is 63.7 Å². The van der Waals surface area contributed by atoms with Gasteiger partial charge in [-0.2, -0.15) is 0 Å². The summed E-state index contributed by atoms with van der Waals surface area (Å²) in [5.74, 6) is -1.23. The van der Waals surface area contributed by atoms with Crippen molar-refractivity contribution in [3.8, 4) is 0 Å². The van der Waals surface area contributed by atoms with E-state index < -0.39 is 23.6 Å². The van der Waals surface area contributed by atoms with Crippen LogP contribution < -0.4 is 0 Å². The molecule has 5 nitrogen and oxygen atoms in total. The van der Waals surface area contributed by atoms with Gasteiger partial charge in [0.05, 0.1) is 17.2 Å². The van der Waals surface area contributed by atoms with Crippen LogP contribution in [-0.2, 0) is 16.0 Å². The first-order chi connectivity index (χ1) is 16.1. The lowest BCUT2D eigenvalue weighted by molar-refractivity contribution is -0.137. The van der Waals surface area contributed by atoms with Gasteiger partial charge < -0.3 is 15.3 Å². The standard InChI is InChI=1S/C27H35ClO5S/c1-27(2)25(32)18(9-5-3-4-6-12-23(30)31)19(26(27)33)15-13-17(29)14-16-22-24(28)20-10-7-8-11-21(20)34-22/h3,5,7-8,10-11,17-19,26,29,33H,4,6,9,12-16H2,1-2H3,(H,30,31). The van der Waals surface area contributed by atoms with Gasteiger partial charge in [0.1, 0.15) is 5.78 Å². The molecule has 4 atom stereocenters. The molecule has 2 aromatic rings. The second kappa shape index (κ2) is 11.8. The molecule has 3 N–H and O–H groups in total. The number of fused-ring (bicyclic) bond motifs is 1. The van der Waals surface area contributed by atoms with Crippen molar-refractivity contribution >= 4 is 44.8 Å². The number of thiophene rings is 1. The third-order valence-electron chi connectivity index (χ3n) is 7.09. The van der Waals surface area contributed by atoms with Gasteiger partial charge in [0.2, 0.25) is 0 Å². The number of aliphatic hydroxyl groups is 2. The Kier molecular flexibility index (Phi) is 9.33. The Labute approximate surface area is 210 Å². The molecule has 1 aromatic carbocycles. The van der Waals surface area contributed by atoms with Gasteiger partial charge in [-0.1, -0.05) is 55.8 Å². The fourth-order valence-corrected chi connectivity index (χ4v) is 6.54. The average Bonchev–Trinajstić information content (AvgIpc) is 3.20. The predicted octanol–water partition coefficient (Wildman–Crippen LogP) is 6.03. The van der Waals surface area contributed by atoms with Gasteiger partial charge in [-0.25, -0.2) is 0 Å². The normalized spacial score (nSPS) is 23.2. The number of Topliss-reactive ketones (excluding diaryl/α,β-unsaturated/α-hetero) is 1. The van der Waals surface area contributed by atoms with Crippen molar-refractivity contribution in [1.29, 1.82) is 0 Å². The number of carboxylic acids is 1. The monoisotopic (exact) mass is 506 g/mol. The smallest absolute Gasteiger partial charge is 0.303 e. The first kappa shape index (κ1) is 26.9. The van der Waals surface area contributed by atoms with Crippen molar-refractivity contribution in [3.05, 3.63) is 46.3 Å². The molecule has 0 spiro atoms. The molecule has 34 heavy (non-hydrogen) atoms. The van der Waals surface area contributed by atoms with E-state index >= 15 is 0 Å². The van der Waals surface area contributed by atoms with Crippen LogP contribution in [-0.4, -0.2) is 39.3 Å². The van der Waals surface area contributed by atoms with Crippen molar-refractivity contribution < 1.29 is 24.9 Å². The highest BCUT2D eigenvalue weighted by atomic mass is 35.5. The van der Waals surface area contributed by atoms with Crippen LogP contribution in [0.2, 0.25) is 5.02 Å². The van der Waals surface area contributed by atoms with Crippen LogP contribution in [0.5, 0.6) is 0 Å². The molecule has 0 bridgehead atoms. The minimum absolute atomic E-state index is 0.0618. The SMILES string of the molecule is CC1(C)C(=O)C(CC=CCCCC(=O)O)C(CCC(O)CCc2sc3ccccc3c2Cl)C1O. The molecule has 0 aliphatic heterocycles. The Morgan fingerprint density at radius 2 is 1.97 bits per heavy atom. The number of aryl methyl sites for hydroxylation is 1. The van der Waals surface area contributed by atoms with Crippen molar-refractivity contribution in [2.45, 2.75) is 77.4 Å². The van der Waals surface area contributed by atoms with Crippen molar-refractivity contribution in [1.82, 2.24) is 0 Å². The van der Waals surface area contributed by atoms with Gasteiger partial charge >= 0.3 is 5.97 Å². The molecule has 0 saturated heterocycles. The molecular weight excluding hydrogens is 472 g/mol. The summed E-state index contributed by atoms with van der Waals surface area (Å²) in [6.07, 6.45) is 6.85. The molecular formula is C27H35ClO5S. The first-order valence-electron chi connectivity index (χ1n) is 12.1. The molecule has 3 rings (SSSR count). The summed E-state index contributed by atoms with van der Waals surface area (Å²) >= 11 is 8.18. The Balaban J connectivity index is 1.54. The molecule has 0 amide bonds. The lowest BCUT2D eigenvalue weighted by Crippen LogP contribution is -2.32. The number of unbranched alkanes of at least 4 members (excludes halogenated alkanes) is 1. The molecule has 7 heteroatoms. The zero-order chi connectivity index (χ0) is 24.9. The van der Waals surface area contributed by atoms with Crippen molar-refractivity contribution in [2.24, 2.45) is 17.3 Å². The maximum Gasteiger partial charge on any atom is 0.303 e. The topological polar surface area (TPSA) is 94.8 Å². The van der Waals surface area contributed by atoms with Gasteiger partial charge in [-0.05, 0) is 56.9 Å². The Bertz CT molecular complexity index is 1030. The number of allylic oxidation sites excluding steroid dienone is 2. The van der Waals surface area contributed by atoms with E-state index in [-0.39, 0.29) is 24.0 Å². The summed E-state index contributed by atoms with van der Waals surface area (Å²) < 4.78 is 1.14. The van der Waals surface area contributed by atoms with Gasteiger partial charge in [0.15, 0.2) is 0 Å². The van der Waals surface area contributed by atoms with Crippen LogP contribution in [0.15, 0.2) is 36.4 Å². The molecule has 1 heterocycles. The Morgan fingerprint density at radius 1 is 1.24 bits per heavy atom. The van der Waals surface area contributed by atoms with E-state index in [1.165, 1.54) is 0 Å². The van der Waals surface area contributed by atoms with Gasteiger partial charge in [0.25, 0.3) is 0 Å². The van der Waals surface area contributed by atoms with Crippen molar-refractivity contribution in [3.63, 3.8) is 0 Å². The minimum Gasteiger partial charge on any atom is -0.481 e. The lowest BCUT2D eigenvalue weighted by Gasteiger charge is -2.25. The molecule has 1 aromatic heterocycles. The number of aliphatic carboxylic acids is 1. The molecule has 186 valence electrons. The maximum atomic E-state index is 13.0. The van der Waals surface area contributed by atoms with Crippen LogP contribution >= 0.6 is 22.9 Å². The van der Waals surface area contributed by atoms with E-state index in [1.54, 1.807) is 25.2 Å². The Morgan fingerprint density at radius 3 is 2.68 bits per heavy atom. The van der Waals surface area contributed by atoms with Gasteiger partial charge in [-0.3, -0.25) is 9.59 Å². The fourth-order valence-electron chi connectivity index (χ4n) is 5.00. The number of aliphatic hydroxyl groups excluding tert-OH is 2.